The van der Waals surface area contributed by atoms with Crippen LogP contribution in [0.4, 0.5) is 0 Å². The molecule has 0 unspecified atom stereocenters. The van der Waals surface area contributed by atoms with Crippen molar-refractivity contribution in [1.29, 1.82) is 0 Å². The van der Waals surface area contributed by atoms with Gasteiger partial charge in [0.1, 0.15) is 0 Å². The normalized spacial score (nSPS) is 9.33. The van der Waals surface area contributed by atoms with Crippen molar-refractivity contribution in [2.45, 2.75) is 13.3 Å². The van der Waals surface area contributed by atoms with Gasteiger partial charge in [0.05, 0.1) is 0 Å². The van der Waals surface area contributed by atoms with E-state index in [-0.39, 0.29) is 15.7 Å². The summed E-state index contributed by atoms with van der Waals surface area (Å²) in [7, 11) is 9.70. The number of aryl methyl sites for hydroxylation is 1. The number of likely N-dealkylation sites (N-methyl/N-ethyl adjacent to an activating group) is 1. The minimum atomic E-state index is -0.304. The van der Waals surface area contributed by atoms with E-state index in [4.69, 9.17) is 9.69 Å². The molecule has 1 rings (SSSR count). The molecule has 0 N–H and O–H groups in total. The van der Waals surface area contributed by atoms with Gasteiger partial charge in [-0.3, -0.25) is 0 Å². The van der Waals surface area contributed by atoms with Crippen molar-refractivity contribution in [3.8, 4) is 0 Å². The SMILES string of the molecule is Cc1sccc1CC(=C=[C]=[Ru][Cl])N(C)C. The molecule has 0 aromatic carbocycles. The van der Waals surface area contributed by atoms with Crippen LogP contribution in [0.3, 0.4) is 0 Å². The van der Waals surface area contributed by atoms with Gasteiger partial charge in [0, 0.05) is 0 Å². The number of thiophene rings is 1. The zero-order valence-electron chi connectivity index (χ0n) is 8.95. The molecule has 0 aliphatic heterocycles. The molecular weight excluding hydrogens is 315 g/mol. The van der Waals surface area contributed by atoms with E-state index in [1.54, 1.807) is 11.3 Å². The van der Waals surface area contributed by atoms with Crippen LogP contribution < -0.4 is 0 Å². The number of nitrogens with zero attached hydrogens (tertiary/aromatic N) is 1. The summed E-state index contributed by atoms with van der Waals surface area (Å²) in [6, 6.07) is 2.17. The Morgan fingerprint density at radius 3 is 2.80 bits per heavy atom. The van der Waals surface area contributed by atoms with Crippen LogP contribution in [0, 0.1) is 6.92 Å². The van der Waals surface area contributed by atoms with Crippen molar-refractivity contribution in [3.05, 3.63) is 33.3 Å². The Balaban J connectivity index is 2.96. The molecule has 1 nitrogen and oxygen atoms in total. The predicted molar refractivity (Wildman–Crippen MR) is 64.3 cm³/mol. The number of hydrogen-bond donors (Lipinski definition) is 0. The molecule has 1 aromatic heterocycles. The zero-order valence-corrected chi connectivity index (χ0v) is 12.3. The summed E-state index contributed by atoms with van der Waals surface area (Å²) in [6.07, 6.45) is 0.909. The number of halogens is 1. The standard InChI is InChI=1S/C11H13NS.ClH.Ru/c1-5-11(12(3)4)8-10-6-7-13-9(10)2;;/h6-7H,8H2,2-4H3;1H;/q;;+1/p-1. The van der Waals surface area contributed by atoms with Crippen LogP contribution >= 0.6 is 21.0 Å². The quantitative estimate of drug-likeness (QED) is 0.609. The van der Waals surface area contributed by atoms with E-state index in [1.165, 1.54) is 10.4 Å². The Labute approximate surface area is 106 Å². The first-order valence-corrected chi connectivity index (χ1v) is 8.43. The molecule has 0 saturated carbocycles. The summed E-state index contributed by atoms with van der Waals surface area (Å²) in [5, 5.41) is 2.12. The summed E-state index contributed by atoms with van der Waals surface area (Å²) < 4.78 is 2.99. The second-order valence-corrected chi connectivity index (χ2v) is 5.97. The summed E-state index contributed by atoms with van der Waals surface area (Å²) in [5.41, 5.74) is 5.63. The van der Waals surface area contributed by atoms with E-state index >= 15 is 0 Å². The van der Waals surface area contributed by atoms with Gasteiger partial charge in [-0.05, 0) is 0 Å². The molecule has 4 heteroatoms. The van der Waals surface area contributed by atoms with Crippen LogP contribution in [-0.4, -0.2) is 23.3 Å². The molecule has 1 heterocycles. The third-order valence-electron chi connectivity index (χ3n) is 2.09. The molecule has 0 spiro atoms. The average molecular weight is 328 g/mol. The second-order valence-electron chi connectivity index (χ2n) is 3.30. The minimum absolute atomic E-state index is 0.304. The average Bonchev–Trinajstić information content (AvgIpc) is 2.58. The van der Waals surface area contributed by atoms with Crippen molar-refractivity contribution in [1.82, 2.24) is 4.90 Å². The fourth-order valence-electron chi connectivity index (χ4n) is 1.16. The van der Waals surface area contributed by atoms with Crippen LogP contribution in [0.25, 0.3) is 0 Å². The Morgan fingerprint density at radius 2 is 2.33 bits per heavy atom. The zero-order chi connectivity index (χ0) is 11.3. The van der Waals surface area contributed by atoms with Crippen molar-refractivity contribution in [3.63, 3.8) is 0 Å². The maximum absolute atomic E-state index is 5.65. The van der Waals surface area contributed by atoms with Gasteiger partial charge in [-0.2, -0.15) is 0 Å². The van der Waals surface area contributed by atoms with Gasteiger partial charge in [-0.1, -0.05) is 0 Å². The Kier molecular flexibility index (Phi) is 5.54. The summed E-state index contributed by atoms with van der Waals surface area (Å²) in [5.74, 6) is 0. The van der Waals surface area contributed by atoms with Crippen molar-refractivity contribution in [2.75, 3.05) is 14.1 Å². The fraction of sp³-hybridized carbons (Fsp3) is 0.364. The van der Waals surface area contributed by atoms with Crippen molar-refractivity contribution < 1.29 is 15.7 Å². The van der Waals surface area contributed by atoms with Gasteiger partial charge < -0.3 is 0 Å². The molecular formula is C11H13ClNRuS. The van der Waals surface area contributed by atoms with Gasteiger partial charge in [0.15, 0.2) is 0 Å². The molecule has 0 amide bonds. The molecule has 0 aliphatic rings. The first-order chi connectivity index (χ1) is 7.15. The van der Waals surface area contributed by atoms with Crippen molar-refractivity contribution in [2.24, 2.45) is 0 Å². The van der Waals surface area contributed by atoms with Crippen LogP contribution in [0.2, 0.25) is 0 Å². The first-order valence-electron chi connectivity index (χ1n) is 4.45. The van der Waals surface area contributed by atoms with E-state index in [2.05, 4.69) is 33.3 Å². The Hall–Kier alpha value is -0.157. The Bertz CT molecular complexity index is 424. The molecule has 0 atom stereocenters. The molecule has 0 bridgehead atoms. The third-order valence-corrected chi connectivity index (χ3v) is 3.75. The number of hydrogen-bond acceptors (Lipinski definition) is 2. The van der Waals surface area contributed by atoms with Crippen LogP contribution in [-0.2, 0) is 22.1 Å². The molecule has 0 fully saturated rings. The summed E-state index contributed by atoms with van der Waals surface area (Å²) >= 11 is 1.48. The van der Waals surface area contributed by atoms with E-state index in [1.807, 2.05) is 14.1 Å². The maximum atomic E-state index is 5.65. The summed E-state index contributed by atoms with van der Waals surface area (Å²) in [6.45, 7) is 2.15. The number of allylic oxidation sites excluding steroid dienone is 1. The van der Waals surface area contributed by atoms with Crippen LogP contribution in [0.5, 0.6) is 0 Å². The van der Waals surface area contributed by atoms with Gasteiger partial charge >= 0.3 is 107 Å². The van der Waals surface area contributed by atoms with E-state index in [0.29, 0.717) is 0 Å². The fourth-order valence-corrected chi connectivity index (χ4v) is 2.42. The van der Waals surface area contributed by atoms with Gasteiger partial charge in [0.2, 0.25) is 0 Å². The van der Waals surface area contributed by atoms with Gasteiger partial charge in [0.25, 0.3) is 0 Å². The topological polar surface area (TPSA) is 3.24 Å². The van der Waals surface area contributed by atoms with Gasteiger partial charge in [-0.25, -0.2) is 0 Å². The van der Waals surface area contributed by atoms with Gasteiger partial charge in [-0.15, -0.1) is 0 Å². The van der Waals surface area contributed by atoms with Crippen LogP contribution in [0.1, 0.15) is 10.4 Å². The Morgan fingerprint density at radius 1 is 1.60 bits per heavy atom. The molecule has 1 aromatic rings. The molecule has 0 aliphatic carbocycles. The number of rotatable bonds is 3. The van der Waals surface area contributed by atoms with E-state index in [0.717, 1.165) is 12.1 Å². The second kappa shape index (κ2) is 6.43. The molecule has 15 heavy (non-hydrogen) atoms. The third kappa shape index (κ3) is 4.07. The first kappa shape index (κ1) is 12.9. The summed E-state index contributed by atoms with van der Waals surface area (Å²) in [4.78, 5) is 3.44. The molecule has 0 saturated heterocycles. The monoisotopic (exact) mass is 328 g/mol. The molecule has 83 valence electrons. The van der Waals surface area contributed by atoms with E-state index < -0.39 is 0 Å². The molecule has 0 radical (unpaired) electrons. The van der Waals surface area contributed by atoms with Crippen LogP contribution in [0.15, 0.2) is 22.9 Å². The van der Waals surface area contributed by atoms with Crippen molar-refractivity contribution >= 4 is 25.3 Å². The predicted octanol–water partition coefficient (Wildman–Crippen LogP) is 2.84. The van der Waals surface area contributed by atoms with E-state index in [9.17, 15) is 0 Å².